The molecule has 0 nitrogen and oxygen atoms in total. The van der Waals surface area contributed by atoms with E-state index in [-0.39, 0.29) is 0 Å². The van der Waals surface area contributed by atoms with Gasteiger partial charge in [0.2, 0.25) is 0 Å². The van der Waals surface area contributed by atoms with Crippen LogP contribution in [0, 0.1) is 6.92 Å². The van der Waals surface area contributed by atoms with Gasteiger partial charge in [0.25, 0.3) is 0 Å². The Morgan fingerprint density at radius 1 is 0.656 bits per heavy atom. The van der Waals surface area contributed by atoms with E-state index in [1.165, 1.54) is 89.1 Å². The number of hydrogen-bond acceptors (Lipinski definition) is 2. The molecule has 0 saturated carbocycles. The van der Waals surface area contributed by atoms with Crippen molar-refractivity contribution >= 4 is 62.4 Å². The van der Waals surface area contributed by atoms with E-state index < -0.39 is 26.5 Å². The number of unbranched alkanes of at least 4 members (excludes halogenated alkanes) is 10. The molecule has 0 atom stereocenters. The molecule has 0 radical (unpaired) electrons. The number of hydrogen-bond donors (Lipinski definition) is 0. The zero-order valence-electron chi connectivity index (χ0n) is 21.9. The molecule has 4 heteroatoms. The molecule has 32 heavy (non-hydrogen) atoms. The number of aryl methyl sites for hydroxylation is 1. The van der Waals surface area contributed by atoms with E-state index >= 15 is 0 Å². The summed E-state index contributed by atoms with van der Waals surface area (Å²) in [5, 5.41) is 3.76. The second kappa shape index (κ2) is 12.4. The van der Waals surface area contributed by atoms with Gasteiger partial charge in [0.05, 0.1) is 0 Å². The Morgan fingerprint density at radius 3 is 1.66 bits per heavy atom. The van der Waals surface area contributed by atoms with Crippen LogP contribution in [0.2, 0.25) is 26.9 Å². The number of rotatable bonds is 15. The quantitative estimate of drug-likeness (QED) is 0.143. The average molecular weight is 596 g/mol. The van der Waals surface area contributed by atoms with E-state index in [0.717, 1.165) is 0 Å². The summed E-state index contributed by atoms with van der Waals surface area (Å²) in [6.45, 7) is 7.02. The molecular weight excluding hydrogens is 547 g/mol. The van der Waals surface area contributed by atoms with Gasteiger partial charge in [-0.1, -0.05) is 0 Å². The van der Waals surface area contributed by atoms with Gasteiger partial charge in [-0.2, -0.15) is 0 Å². The fourth-order valence-electron chi connectivity index (χ4n) is 5.55. The first-order chi connectivity index (χ1) is 15.3. The third-order valence-electron chi connectivity index (χ3n) is 7.48. The summed E-state index contributed by atoms with van der Waals surface area (Å²) >= 11 is 2.29. The third-order valence-corrected chi connectivity index (χ3v) is 24.9. The minimum atomic E-state index is -2.05. The average Bonchev–Trinajstić information content (AvgIpc) is 3.40. The molecule has 0 saturated heterocycles. The third kappa shape index (κ3) is 6.34. The molecule has 3 heterocycles. The summed E-state index contributed by atoms with van der Waals surface area (Å²) < 4.78 is 1.82. The van der Waals surface area contributed by atoms with Gasteiger partial charge >= 0.3 is 214 Å². The van der Waals surface area contributed by atoms with Crippen molar-refractivity contribution in [1.82, 2.24) is 0 Å². The van der Waals surface area contributed by atoms with Crippen LogP contribution in [-0.2, 0) is 0 Å². The van der Waals surface area contributed by atoms with Gasteiger partial charge in [-0.15, -0.1) is 0 Å². The van der Waals surface area contributed by atoms with Crippen molar-refractivity contribution in [3.8, 4) is 9.75 Å². The van der Waals surface area contributed by atoms with Crippen LogP contribution in [0.4, 0.5) is 0 Å². The molecule has 0 aliphatic carbocycles. The van der Waals surface area contributed by atoms with Crippen molar-refractivity contribution in [3.05, 3.63) is 17.0 Å². The van der Waals surface area contributed by atoms with Gasteiger partial charge in [0.15, 0.2) is 0 Å². The second-order valence-electron chi connectivity index (χ2n) is 11.3. The van der Waals surface area contributed by atoms with Gasteiger partial charge in [-0.3, -0.25) is 0 Å². The Kier molecular flexibility index (Phi) is 10.5. The number of thiophene rings is 2. The van der Waals surface area contributed by atoms with Crippen molar-refractivity contribution < 1.29 is 0 Å². The molecule has 2 aromatic heterocycles. The summed E-state index contributed by atoms with van der Waals surface area (Å²) in [5.41, 5.74) is 0. The van der Waals surface area contributed by atoms with Crippen LogP contribution < -0.4 is 13.3 Å². The van der Waals surface area contributed by atoms with E-state index in [0.29, 0.717) is 0 Å². The molecule has 2 aromatic rings. The van der Waals surface area contributed by atoms with Gasteiger partial charge in [0, 0.05) is 0 Å². The summed E-state index contributed by atoms with van der Waals surface area (Å²) in [6.07, 6.45) is 17.2. The Morgan fingerprint density at radius 2 is 1.12 bits per heavy atom. The summed E-state index contributed by atoms with van der Waals surface area (Å²) in [6, 6.07) is 8.46. The Bertz CT molecular complexity index is 826. The van der Waals surface area contributed by atoms with Crippen LogP contribution in [0.25, 0.3) is 9.75 Å². The second-order valence-corrected chi connectivity index (χ2v) is 33.3. The van der Waals surface area contributed by atoms with Crippen LogP contribution in [0.15, 0.2) is 12.1 Å². The predicted molar refractivity (Wildman–Crippen MR) is 157 cm³/mol. The SMILES string of the molecule is CCCCCCCC[Si]1(CCCCCCCC)c2cc(C)sc2-c2s[c]([Sn]([CH3])([CH3])[CH3])cc21. The topological polar surface area (TPSA) is 0 Å². The molecule has 0 bridgehead atoms. The Balaban J connectivity index is 1.85. The van der Waals surface area contributed by atoms with E-state index in [9.17, 15) is 0 Å². The van der Waals surface area contributed by atoms with Crippen LogP contribution in [-0.4, -0.2) is 26.5 Å². The van der Waals surface area contributed by atoms with Gasteiger partial charge in [-0.25, -0.2) is 0 Å². The molecule has 1 aliphatic heterocycles. The van der Waals surface area contributed by atoms with E-state index in [4.69, 9.17) is 0 Å². The Hall–Kier alpha value is 0.416. The molecule has 3 rings (SSSR count). The van der Waals surface area contributed by atoms with Crippen LogP contribution >= 0.6 is 22.7 Å². The van der Waals surface area contributed by atoms with E-state index in [1.807, 2.05) is 13.3 Å². The van der Waals surface area contributed by atoms with E-state index in [2.05, 4.69) is 70.4 Å². The van der Waals surface area contributed by atoms with Crippen molar-refractivity contribution in [1.29, 1.82) is 0 Å². The summed E-state index contributed by atoms with van der Waals surface area (Å²) in [5.74, 6) is 0. The molecule has 0 aromatic carbocycles. The fraction of sp³-hybridized carbons (Fsp3) is 0.714. The summed E-state index contributed by atoms with van der Waals surface area (Å²) in [7, 11) is -1.59. The first-order valence-corrected chi connectivity index (χ1v) is 27.6. The molecule has 180 valence electrons. The predicted octanol–water partition coefficient (Wildman–Crippen LogP) is 8.93. The van der Waals surface area contributed by atoms with Gasteiger partial charge in [-0.05, 0) is 0 Å². The van der Waals surface area contributed by atoms with Crippen molar-refractivity contribution in [2.45, 2.75) is 125 Å². The zero-order chi connectivity index (χ0) is 23.2. The van der Waals surface area contributed by atoms with Gasteiger partial charge in [0.1, 0.15) is 0 Å². The molecule has 1 aliphatic rings. The molecule has 0 N–H and O–H groups in total. The van der Waals surface area contributed by atoms with Crippen LogP contribution in [0.5, 0.6) is 0 Å². The number of fused-ring (bicyclic) bond motifs is 3. The molecule has 0 amide bonds. The van der Waals surface area contributed by atoms with Crippen molar-refractivity contribution in [3.63, 3.8) is 0 Å². The normalized spacial score (nSPS) is 14.7. The molecule has 0 spiro atoms. The molecule has 0 fully saturated rings. The maximum absolute atomic E-state index is 2.79. The standard InChI is InChI=1S/C25H39S2Si.3CH3.Sn/c1-4-6-8-10-12-14-18-28(19-15-13-11-9-7-5-2)22-16-17-26-24(22)25-23(28)20-21(3)27-25;;;;/h16,20H,4-15,18-19H2,1-3H3;3*1H3;. The van der Waals surface area contributed by atoms with Gasteiger partial charge < -0.3 is 0 Å². The van der Waals surface area contributed by atoms with Crippen LogP contribution in [0.3, 0.4) is 0 Å². The Labute approximate surface area is 212 Å². The molecule has 0 unspecified atom stereocenters. The van der Waals surface area contributed by atoms with Crippen LogP contribution in [0.1, 0.15) is 95.8 Å². The first-order valence-electron chi connectivity index (χ1n) is 13.6. The first kappa shape index (κ1) is 27.0. The monoisotopic (exact) mass is 596 g/mol. The minimum absolute atomic E-state index is 1.36. The van der Waals surface area contributed by atoms with Crippen molar-refractivity contribution in [2.24, 2.45) is 0 Å². The molecular formula is C28H48S2SiSn. The maximum atomic E-state index is 2.79. The zero-order valence-corrected chi connectivity index (χ0v) is 27.4. The summed E-state index contributed by atoms with van der Waals surface area (Å²) in [4.78, 5) is 12.8. The van der Waals surface area contributed by atoms with Crippen molar-refractivity contribution in [2.75, 3.05) is 0 Å². The van der Waals surface area contributed by atoms with E-state index in [1.54, 1.807) is 14.6 Å². The fourth-order valence-corrected chi connectivity index (χ4v) is 20.5.